The van der Waals surface area contributed by atoms with Gasteiger partial charge >= 0.3 is 17.9 Å². The number of nitro groups is 1. The molecule has 10 atom stereocenters. The maximum Gasteiger partial charge on any atom is 0.338 e. The van der Waals surface area contributed by atoms with Crippen molar-refractivity contribution in [3.05, 3.63) is 152 Å². The minimum absolute atomic E-state index is 0. The number of likely N-dealkylation sites (tertiary alicyclic amines) is 3. The molecular formula is C102H133Cl2N9O24S. The van der Waals surface area contributed by atoms with Crippen LogP contribution in [0.25, 0.3) is 0 Å². The van der Waals surface area contributed by atoms with E-state index in [1.165, 1.54) is 155 Å². The van der Waals surface area contributed by atoms with Crippen LogP contribution in [-0.2, 0) is 92.3 Å². The van der Waals surface area contributed by atoms with Gasteiger partial charge in [-0.1, -0.05) is 0 Å². The molecule has 36 heteroatoms. The number of nitro benzene ring substituents is 1. The van der Waals surface area contributed by atoms with Crippen LogP contribution in [-0.4, -0.2) is 253 Å². The average molecular weight is 1970 g/mol. The van der Waals surface area contributed by atoms with Crippen LogP contribution in [0, 0.1) is 31.8 Å². The number of hydrogen-bond donors (Lipinski definition) is 4. The molecule has 10 saturated heterocycles. The molecule has 13 heterocycles. The van der Waals surface area contributed by atoms with Gasteiger partial charge in [-0.25, -0.2) is 14.4 Å². The third-order valence-electron chi connectivity index (χ3n) is 31.5. The fourth-order valence-corrected chi connectivity index (χ4v) is 24.8. The van der Waals surface area contributed by atoms with Crippen LogP contribution < -0.4 is 40.6 Å². The van der Waals surface area contributed by atoms with Gasteiger partial charge in [0.05, 0.1) is 39.2 Å². The number of alkyl halides is 1. The van der Waals surface area contributed by atoms with Gasteiger partial charge in [-0.15, -0.1) is 24.0 Å². The number of cyclic esters (lactones) is 2. The van der Waals surface area contributed by atoms with Crippen molar-refractivity contribution in [1.82, 2.24) is 35.6 Å². The van der Waals surface area contributed by atoms with Crippen LogP contribution in [0.4, 0.5) is 5.69 Å². The second-order valence-corrected chi connectivity index (χ2v) is 42.0. The average Bonchev–Trinajstić information content (AvgIpc) is 1.50. The molecule has 5 N–H and O–H groups in total. The highest BCUT2D eigenvalue weighted by atomic mass is 35.5. The zero-order valence-corrected chi connectivity index (χ0v) is 81.4. The maximum absolute atomic E-state index is 13.0. The Labute approximate surface area is 817 Å². The van der Waals surface area contributed by atoms with E-state index in [1.807, 2.05) is 48.5 Å². The van der Waals surface area contributed by atoms with Crippen LogP contribution in [0.15, 0.2) is 102 Å². The molecule has 0 aromatic heterocycles. The number of hydrogen-bond acceptors (Lipinski definition) is 29. The van der Waals surface area contributed by atoms with Gasteiger partial charge in [0.1, 0.15) is 72.8 Å². The fourth-order valence-electron chi connectivity index (χ4n) is 23.5. The van der Waals surface area contributed by atoms with E-state index >= 15 is 0 Å². The Morgan fingerprint density at radius 2 is 0.935 bits per heavy atom. The Morgan fingerprint density at radius 1 is 0.507 bits per heavy atom. The van der Waals surface area contributed by atoms with E-state index in [1.54, 1.807) is 36.1 Å². The van der Waals surface area contributed by atoms with Gasteiger partial charge in [0.15, 0.2) is 0 Å². The SMILES string of the molecule is C1CC2(CCOCC2)CN1.CCOC(=O)c1ccc(OC2CCCC2N2CCC3(CCOCC3)C2)cc1CCl.Cl.NC1CCC(=O)NC1=O.O=C1CCC(N2Cc3cc(OC4CCCC4N4CCC5(CCOCC5)C4)ccc3C2=O)C(=O)N1.O=C1OCc2cc(OC3CCCC3N3CCC4(CCOCC4)C3)ccc21.O=C1OCc2cc(OC3CCCC3OS(=O)(=O)c3ccc([N+](=O)[O-])cc3)ccc21. The normalized spacial score (nSPS) is 27.5. The molecule has 5 aromatic carbocycles. The Kier molecular flexibility index (Phi) is 33.9. The van der Waals surface area contributed by atoms with E-state index in [4.69, 9.17) is 73.6 Å². The molecule has 4 saturated carbocycles. The second-order valence-electron chi connectivity index (χ2n) is 40.2. The molecule has 0 bridgehead atoms. The minimum Gasteiger partial charge on any atom is -0.489 e. The lowest BCUT2D eigenvalue weighted by atomic mass is 9.79. The van der Waals surface area contributed by atoms with Crippen molar-refractivity contribution in [2.24, 2.45) is 27.4 Å². The Balaban J connectivity index is 0.000000125. The lowest BCUT2D eigenvalue weighted by molar-refractivity contribution is -0.384. The molecule has 13 aliphatic heterocycles. The number of non-ortho nitro benzene ring substituents is 1. The van der Waals surface area contributed by atoms with E-state index in [9.17, 15) is 56.9 Å². The molecule has 5 amide bonds. The summed E-state index contributed by atoms with van der Waals surface area (Å²) in [7, 11) is -4.10. The number of carbonyl (C=O) groups excluding carboxylic acids is 8. The molecule has 138 heavy (non-hydrogen) atoms. The van der Waals surface area contributed by atoms with Gasteiger partial charge in [0.25, 0.3) is 21.7 Å². The zero-order valence-electron chi connectivity index (χ0n) is 79.0. The number of esters is 3. The lowest BCUT2D eigenvalue weighted by Gasteiger charge is -2.35. The van der Waals surface area contributed by atoms with E-state index in [0.29, 0.717) is 120 Å². The van der Waals surface area contributed by atoms with Crippen molar-refractivity contribution in [2.45, 2.75) is 278 Å². The van der Waals surface area contributed by atoms with Crippen LogP contribution in [0.3, 0.4) is 0 Å². The molecule has 17 aliphatic rings. The van der Waals surface area contributed by atoms with E-state index in [2.05, 4.69) is 30.7 Å². The molecule has 22 rings (SSSR count). The van der Waals surface area contributed by atoms with Crippen molar-refractivity contribution >= 4 is 87.3 Å². The number of fused-ring (bicyclic) bond motifs is 3. The summed E-state index contributed by atoms with van der Waals surface area (Å²) >= 11 is 6.10. The summed E-state index contributed by atoms with van der Waals surface area (Å²) in [5, 5.41) is 18.6. The highest BCUT2D eigenvalue weighted by Gasteiger charge is 2.50. The first-order valence-corrected chi connectivity index (χ1v) is 51.7. The number of nitrogens with one attached hydrogen (secondary N) is 3. The van der Waals surface area contributed by atoms with Crippen LogP contribution in [0.1, 0.15) is 250 Å². The first-order valence-electron chi connectivity index (χ1n) is 49.7. The number of piperidine rings is 2. The monoisotopic (exact) mass is 1970 g/mol. The molecule has 10 unspecified atom stereocenters. The summed E-state index contributed by atoms with van der Waals surface area (Å²) in [6.45, 7) is 20.0. The summed E-state index contributed by atoms with van der Waals surface area (Å²) in [5.41, 5.74) is 12.7. The van der Waals surface area contributed by atoms with Gasteiger partial charge in [-0.2, -0.15) is 8.42 Å². The molecule has 0 radical (unpaired) electrons. The largest absolute Gasteiger partial charge is 0.489 e. The quantitative estimate of drug-likeness (QED) is 0.0113. The highest BCUT2D eigenvalue weighted by Crippen LogP contribution is 2.48. The van der Waals surface area contributed by atoms with Gasteiger partial charge in [0, 0.05) is 151 Å². The molecule has 4 spiro atoms. The van der Waals surface area contributed by atoms with Crippen molar-refractivity contribution in [2.75, 3.05) is 112 Å². The molecular weight excluding hydrogens is 1840 g/mol. The predicted octanol–water partition coefficient (Wildman–Crippen LogP) is 12.7. The number of halogens is 2. The first kappa shape index (κ1) is 102. The summed E-state index contributed by atoms with van der Waals surface area (Å²) in [4.78, 5) is 113. The Hall–Kier alpha value is -9.01. The third kappa shape index (κ3) is 24.5. The second kappa shape index (κ2) is 45.9. The first-order chi connectivity index (χ1) is 66.3. The van der Waals surface area contributed by atoms with Crippen molar-refractivity contribution in [1.29, 1.82) is 0 Å². The zero-order chi connectivity index (χ0) is 95.4. The number of rotatable bonds is 19. The number of carbonyl (C=O) groups is 8. The van der Waals surface area contributed by atoms with Gasteiger partial charge < -0.3 is 68.1 Å². The maximum atomic E-state index is 13.0. The number of amides is 5. The van der Waals surface area contributed by atoms with Crippen molar-refractivity contribution < 1.29 is 108 Å². The molecule has 5 aromatic rings. The summed E-state index contributed by atoms with van der Waals surface area (Å²) in [6, 6.07) is 26.9. The molecule has 4 aliphatic carbocycles. The Morgan fingerprint density at radius 3 is 1.38 bits per heavy atom. The number of ether oxygens (including phenoxy) is 11. The Bertz CT molecular complexity index is 5270. The molecule has 750 valence electrons. The summed E-state index contributed by atoms with van der Waals surface area (Å²) < 4.78 is 93.1. The van der Waals surface area contributed by atoms with Crippen LogP contribution in [0.2, 0.25) is 0 Å². The van der Waals surface area contributed by atoms with Crippen LogP contribution >= 0.6 is 24.0 Å². The lowest BCUT2D eigenvalue weighted by Crippen LogP contribution is -2.52. The smallest absolute Gasteiger partial charge is 0.338 e. The number of nitrogens with zero attached hydrogens (tertiary/aromatic N) is 5. The third-order valence-corrected chi connectivity index (χ3v) is 33.2. The van der Waals surface area contributed by atoms with Crippen molar-refractivity contribution in [3.63, 3.8) is 0 Å². The van der Waals surface area contributed by atoms with E-state index in [-0.39, 0.29) is 108 Å². The van der Waals surface area contributed by atoms with E-state index < -0.39 is 39.3 Å². The summed E-state index contributed by atoms with van der Waals surface area (Å²) in [5.74, 6) is 0.952. The summed E-state index contributed by atoms with van der Waals surface area (Å²) in [6.07, 6.45) is 28.1. The number of nitrogens with two attached hydrogens (primary N) is 1. The van der Waals surface area contributed by atoms with E-state index in [0.717, 1.165) is 155 Å². The minimum atomic E-state index is -4.10. The van der Waals surface area contributed by atoms with Gasteiger partial charge in [-0.3, -0.25) is 63.6 Å². The van der Waals surface area contributed by atoms with Gasteiger partial charge in [0.2, 0.25) is 23.6 Å². The predicted molar refractivity (Wildman–Crippen MR) is 509 cm³/mol. The van der Waals surface area contributed by atoms with Gasteiger partial charge in [-0.05, 0) is 318 Å². The van der Waals surface area contributed by atoms with Crippen molar-refractivity contribution in [3.8, 4) is 23.0 Å². The number of imide groups is 2. The molecule has 33 nitrogen and oxygen atoms in total. The highest BCUT2D eigenvalue weighted by molar-refractivity contribution is 7.86. The van der Waals surface area contributed by atoms with Crippen LogP contribution in [0.5, 0.6) is 23.0 Å². The molecule has 14 fully saturated rings. The number of benzene rings is 5. The standard InChI is InChI=1S/C26H33N3O5.C23H32ClNO4.C21H27NO4.C19H17NO8S.C8H15NO.C5H8N2O2.ClH/c30-23-7-6-21(24(31)27-23)29-15-17-14-18(4-5-19(17)25(29)32)34-22-3-1-2-20(22)28-11-8-26(16-28)9-12-33-13-10-26;1-2-28-22(26)19-7-6-18(14-17(19)15-24)29-21-5-3-4-20(21)25-11-8-23(16-25)9-12-27-13-10-23;23-20-17-5-4-16(12-15(17)13-25-20)26-19-3-1-2-18(19)22-9-6-21(14-22)7-10-24-11-8-21;21-19-16-9-6-14(10-12(16)11-26-19)27-17-2-1-3-18(17)28-29(24,25)15-7-4-13(5-8-15)20(22)23;1-4-9-7-8(1)2-5-10-6-3-8;6-3-1-2-4(8)7-5(3)9;/h4-5,14,20-22H,1-3,6-13,15-16H2,(H,27,30,31);6-7,14,20-21H,2-5,8-13,15-16H2,1H3;4-5,12,18-19H,1-3,6-11,13-14H2;4-10,17-18H,1-3,11H2;9H,1-7H2;3H,1-2,6H2,(H,7,8,9);1H. The topological polar surface area (TPSA) is 400 Å². The fraction of sp³-hybridized carbons (Fsp3) is 0.627.